The van der Waals surface area contributed by atoms with Crippen LogP contribution in [0.1, 0.15) is 31.8 Å². The highest BCUT2D eigenvalue weighted by Crippen LogP contribution is 2.24. The van der Waals surface area contributed by atoms with Gasteiger partial charge in [0.1, 0.15) is 6.54 Å². The summed E-state index contributed by atoms with van der Waals surface area (Å²) in [6, 6.07) is 8.80. The summed E-state index contributed by atoms with van der Waals surface area (Å²) < 4.78 is 31.5. The summed E-state index contributed by atoms with van der Waals surface area (Å²) in [5.41, 5.74) is 2.36. The maximum absolute atomic E-state index is 12.3. The number of ether oxygens (including phenoxy) is 1. The first-order valence-electron chi connectivity index (χ1n) is 9.48. The maximum atomic E-state index is 12.3. The third-order valence-corrected chi connectivity index (χ3v) is 6.33. The first-order chi connectivity index (χ1) is 15.0. The molecule has 0 saturated carbocycles. The van der Waals surface area contributed by atoms with Crippen molar-refractivity contribution in [1.29, 1.82) is 0 Å². The second-order valence-electron chi connectivity index (χ2n) is 7.21. The summed E-state index contributed by atoms with van der Waals surface area (Å²) >= 11 is 0. The van der Waals surface area contributed by atoms with Gasteiger partial charge in [0.2, 0.25) is 10.0 Å². The second kappa shape index (κ2) is 8.89. The molecule has 11 heteroatoms. The fraction of sp³-hybridized carbons (Fsp3) is 0.238. The number of hydrogen-bond acceptors (Lipinski definition) is 7. The molecular formula is C21H21N3O7S. The van der Waals surface area contributed by atoms with Crippen LogP contribution in [-0.2, 0) is 24.3 Å². The molecule has 32 heavy (non-hydrogen) atoms. The number of nitrogens with zero attached hydrogens (tertiary/aromatic N) is 1. The molecule has 0 saturated heterocycles. The molecule has 1 aliphatic rings. The Hall–Kier alpha value is -3.57. The third-order valence-electron chi connectivity index (χ3n) is 4.93. The largest absolute Gasteiger partial charge is 0.455 e. The average molecular weight is 459 g/mol. The predicted octanol–water partition coefficient (Wildman–Crippen LogP) is 0.989. The fourth-order valence-corrected chi connectivity index (χ4v) is 4.01. The molecule has 2 aromatic carbocycles. The number of rotatable bonds is 7. The molecule has 1 aliphatic heterocycles. The van der Waals surface area contributed by atoms with Gasteiger partial charge in [0.05, 0.1) is 16.0 Å². The first kappa shape index (κ1) is 23.1. The van der Waals surface area contributed by atoms with E-state index in [-0.39, 0.29) is 21.7 Å². The molecule has 0 radical (unpaired) electrons. The normalized spacial score (nSPS) is 13.2. The number of fused-ring (bicyclic) bond motifs is 1. The monoisotopic (exact) mass is 459 g/mol. The van der Waals surface area contributed by atoms with E-state index in [4.69, 9.17) is 4.74 Å². The lowest BCUT2D eigenvalue weighted by Crippen LogP contribution is -2.32. The van der Waals surface area contributed by atoms with Crippen molar-refractivity contribution in [1.82, 2.24) is 9.62 Å². The molecular weight excluding hydrogens is 438 g/mol. The molecule has 168 valence electrons. The SMILES string of the molecule is Cc1ccc(S(=O)(=O)NCC(=O)OCC(=O)Nc2ccc3c(c2)C(=O)N(C)C3=O)cc1C. The molecule has 0 aliphatic carbocycles. The smallest absolute Gasteiger partial charge is 0.321 e. The van der Waals surface area contributed by atoms with E-state index in [0.29, 0.717) is 0 Å². The van der Waals surface area contributed by atoms with Crippen molar-refractivity contribution < 1.29 is 32.3 Å². The Bertz CT molecular complexity index is 1240. The Balaban J connectivity index is 1.51. The van der Waals surface area contributed by atoms with E-state index in [9.17, 15) is 27.6 Å². The highest BCUT2D eigenvalue weighted by molar-refractivity contribution is 7.89. The summed E-state index contributed by atoms with van der Waals surface area (Å²) in [5, 5.41) is 2.45. The number of amides is 3. The first-order valence-corrected chi connectivity index (χ1v) is 11.0. The van der Waals surface area contributed by atoms with Crippen LogP contribution < -0.4 is 10.0 Å². The minimum Gasteiger partial charge on any atom is -0.455 e. The van der Waals surface area contributed by atoms with Crippen LogP contribution in [0, 0.1) is 13.8 Å². The van der Waals surface area contributed by atoms with Crippen molar-refractivity contribution in [2.75, 3.05) is 25.5 Å². The number of nitrogens with one attached hydrogen (secondary N) is 2. The fourth-order valence-electron chi connectivity index (χ4n) is 2.95. The third kappa shape index (κ3) is 4.84. The van der Waals surface area contributed by atoms with Gasteiger partial charge in [-0.05, 0) is 55.3 Å². The van der Waals surface area contributed by atoms with Gasteiger partial charge in [0.15, 0.2) is 6.61 Å². The van der Waals surface area contributed by atoms with Crippen molar-refractivity contribution in [3.8, 4) is 0 Å². The molecule has 1 heterocycles. The Labute approximate surface area is 184 Å². The molecule has 0 aromatic heterocycles. The number of sulfonamides is 1. The quantitative estimate of drug-likeness (QED) is 0.465. The van der Waals surface area contributed by atoms with E-state index in [1.54, 1.807) is 13.0 Å². The highest BCUT2D eigenvalue weighted by Gasteiger charge is 2.32. The molecule has 2 N–H and O–H groups in total. The number of carbonyl (C=O) groups excluding carboxylic acids is 4. The standard InChI is InChI=1S/C21H21N3O7S/c1-12-4-6-15(8-13(12)2)32(29,30)22-10-19(26)31-11-18(25)23-14-5-7-16-17(9-14)21(28)24(3)20(16)27/h4-9,22H,10-11H2,1-3H3,(H,23,25). The van der Waals surface area contributed by atoms with Crippen molar-refractivity contribution >= 4 is 39.4 Å². The van der Waals surface area contributed by atoms with Crippen LogP contribution in [0.15, 0.2) is 41.3 Å². The number of carbonyl (C=O) groups is 4. The summed E-state index contributed by atoms with van der Waals surface area (Å²) in [6.45, 7) is 2.31. The van der Waals surface area contributed by atoms with Crippen LogP contribution in [0.4, 0.5) is 5.69 Å². The van der Waals surface area contributed by atoms with E-state index in [2.05, 4.69) is 10.0 Å². The number of benzene rings is 2. The number of hydrogen-bond donors (Lipinski definition) is 2. The van der Waals surface area contributed by atoms with Crippen molar-refractivity contribution in [2.45, 2.75) is 18.7 Å². The van der Waals surface area contributed by atoms with Gasteiger partial charge >= 0.3 is 5.97 Å². The molecule has 0 fully saturated rings. The van der Waals surface area contributed by atoms with Crippen molar-refractivity contribution in [3.63, 3.8) is 0 Å². The van der Waals surface area contributed by atoms with E-state index in [0.717, 1.165) is 16.0 Å². The average Bonchev–Trinajstić information content (AvgIpc) is 2.96. The van der Waals surface area contributed by atoms with E-state index < -0.39 is 46.9 Å². The number of anilines is 1. The van der Waals surface area contributed by atoms with Crippen LogP contribution in [0.2, 0.25) is 0 Å². The molecule has 0 unspecified atom stereocenters. The molecule has 0 atom stereocenters. The van der Waals surface area contributed by atoms with Gasteiger partial charge < -0.3 is 10.1 Å². The number of aryl methyl sites for hydroxylation is 2. The minimum atomic E-state index is -3.92. The summed E-state index contributed by atoms with van der Waals surface area (Å²) in [5.74, 6) is -2.55. The van der Waals surface area contributed by atoms with Gasteiger partial charge in [-0.15, -0.1) is 0 Å². The molecule has 0 bridgehead atoms. The lowest BCUT2D eigenvalue weighted by atomic mass is 10.1. The summed E-state index contributed by atoms with van der Waals surface area (Å²) in [4.78, 5) is 48.8. The summed E-state index contributed by atoms with van der Waals surface area (Å²) in [6.07, 6.45) is 0. The van der Waals surface area contributed by atoms with Gasteiger partial charge in [-0.3, -0.25) is 24.1 Å². The molecule has 3 amide bonds. The van der Waals surface area contributed by atoms with Crippen molar-refractivity contribution in [2.24, 2.45) is 0 Å². The van der Waals surface area contributed by atoms with Crippen LogP contribution in [0.25, 0.3) is 0 Å². The Morgan fingerprint density at radius 1 is 0.969 bits per heavy atom. The lowest BCUT2D eigenvalue weighted by molar-refractivity contribution is -0.146. The minimum absolute atomic E-state index is 0.0152. The zero-order chi connectivity index (χ0) is 23.6. The topological polar surface area (TPSA) is 139 Å². The predicted molar refractivity (Wildman–Crippen MR) is 114 cm³/mol. The zero-order valence-electron chi connectivity index (χ0n) is 17.6. The van der Waals surface area contributed by atoms with Gasteiger partial charge in [-0.25, -0.2) is 8.42 Å². The number of imide groups is 1. The van der Waals surface area contributed by atoms with E-state index in [1.807, 2.05) is 6.92 Å². The van der Waals surface area contributed by atoms with E-state index >= 15 is 0 Å². The van der Waals surface area contributed by atoms with Crippen LogP contribution in [0.5, 0.6) is 0 Å². The maximum Gasteiger partial charge on any atom is 0.321 e. The van der Waals surface area contributed by atoms with Gasteiger partial charge in [-0.1, -0.05) is 6.07 Å². The van der Waals surface area contributed by atoms with E-state index in [1.165, 1.54) is 37.4 Å². The highest BCUT2D eigenvalue weighted by atomic mass is 32.2. The second-order valence-corrected chi connectivity index (χ2v) is 8.98. The van der Waals surface area contributed by atoms with Gasteiger partial charge in [-0.2, -0.15) is 4.72 Å². The Kier molecular flexibility index (Phi) is 6.42. The van der Waals surface area contributed by atoms with Crippen molar-refractivity contribution in [3.05, 3.63) is 58.7 Å². The summed E-state index contributed by atoms with van der Waals surface area (Å²) in [7, 11) is -2.56. The molecule has 3 rings (SSSR count). The molecule has 0 spiro atoms. The van der Waals surface area contributed by atoms with Crippen LogP contribution >= 0.6 is 0 Å². The zero-order valence-corrected chi connectivity index (χ0v) is 18.4. The lowest BCUT2D eigenvalue weighted by Gasteiger charge is -2.09. The number of esters is 1. The molecule has 2 aromatic rings. The van der Waals surface area contributed by atoms with Gasteiger partial charge in [0, 0.05) is 12.7 Å². The Morgan fingerprint density at radius 3 is 2.34 bits per heavy atom. The van der Waals surface area contributed by atoms with Crippen LogP contribution in [-0.4, -0.2) is 57.2 Å². The van der Waals surface area contributed by atoms with Gasteiger partial charge in [0.25, 0.3) is 17.7 Å². The van der Waals surface area contributed by atoms with Crippen LogP contribution in [0.3, 0.4) is 0 Å². The Morgan fingerprint density at radius 2 is 1.66 bits per heavy atom. The molecule has 10 nitrogen and oxygen atoms in total.